The number of nitrogens with zero attached hydrogens (tertiary/aromatic N) is 2. The molecule has 6 heteroatoms. The van der Waals surface area contributed by atoms with E-state index < -0.39 is 0 Å². The summed E-state index contributed by atoms with van der Waals surface area (Å²) in [7, 11) is 2.24. The van der Waals surface area contributed by atoms with Crippen LogP contribution in [0.5, 0.6) is 0 Å². The molecule has 106 valence electrons. The van der Waals surface area contributed by atoms with Crippen LogP contribution in [-0.4, -0.2) is 62.2 Å². The third-order valence-corrected chi connectivity index (χ3v) is 3.58. The molecule has 0 aromatic carbocycles. The first kappa shape index (κ1) is 20.1. The Bertz CT molecular complexity index is 177. The highest BCUT2D eigenvalue weighted by Crippen LogP contribution is 2.13. The zero-order valence-corrected chi connectivity index (χ0v) is 13.0. The minimum atomic E-state index is 0. The molecule has 2 saturated heterocycles. The van der Waals surface area contributed by atoms with E-state index in [1.807, 2.05) is 0 Å². The van der Waals surface area contributed by atoms with E-state index in [4.69, 9.17) is 0 Å². The highest BCUT2D eigenvalue weighted by molar-refractivity contribution is 5.86. The van der Waals surface area contributed by atoms with Crippen LogP contribution in [0.2, 0.25) is 0 Å². The van der Waals surface area contributed by atoms with Crippen molar-refractivity contribution in [2.24, 2.45) is 0 Å². The predicted octanol–water partition coefficient (Wildman–Crippen LogP) is 1.64. The van der Waals surface area contributed by atoms with Crippen LogP contribution in [0, 0.1) is 0 Å². The van der Waals surface area contributed by atoms with Gasteiger partial charge in [-0.3, -0.25) is 4.90 Å². The lowest BCUT2D eigenvalue weighted by atomic mass is 10.0. The minimum absolute atomic E-state index is 0. The van der Waals surface area contributed by atoms with Gasteiger partial charge in [0.2, 0.25) is 0 Å². The average Bonchev–Trinajstić information content (AvgIpc) is 2.44. The highest BCUT2D eigenvalue weighted by atomic mass is 35.5. The molecule has 0 aromatic heterocycles. The number of halogens is 3. The Kier molecular flexibility index (Phi) is 12.6. The summed E-state index contributed by atoms with van der Waals surface area (Å²) in [6.45, 7) is 7.57. The number of nitrogens with one attached hydrogen (secondary N) is 1. The summed E-state index contributed by atoms with van der Waals surface area (Å²) in [4.78, 5) is 5.17. The molecule has 2 fully saturated rings. The molecule has 17 heavy (non-hydrogen) atoms. The average molecular weight is 307 g/mol. The van der Waals surface area contributed by atoms with Crippen LogP contribution in [-0.2, 0) is 0 Å². The molecule has 0 aliphatic carbocycles. The third kappa shape index (κ3) is 6.46. The second-order valence-corrected chi connectivity index (χ2v) is 4.67. The summed E-state index contributed by atoms with van der Waals surface area (Å²) >= 11 is 0. The van der Waals surface area contributed by atoms with E-state index in [0.29, 0.717) is 0 Å². The maximum absolute atomic E-state index is 3.44. The lowest BCUT2D eigenvalue weighted by Gasteiger charge is -2.33. The van der Waals surface area contributed by atoms with Crippen LogP contribution >= 0.6 is 37.2 Å². The van der Waals surface area contributed by atoms with Gasteiger partial charge in [0, 0.05) is 19.1 Å². The van der Waals surface area contributed by atoms with Crippen molar-refractivity contribution in [3.05, 3.63) is 0 Å². The van der Waals surface area contributed by atoms with Crippen LogP contribution in [0.15, 0.2) is 0 Å². The Morgan fingerprint density at radius 3 is 2.18 bits per heavy atom. The zero-order chi connectivity index (χ0) is 9.80. The van der Waals surface area contributed by atoms with Gasteiger partial charge in [-0.2, -0.15) is 0 Å². The molecule has 2 aliphatic heterocycles. The van der Waals surface area contributed by atoms with Crippen molar-refractivity contribution in [1.29, 1.82) is 0 Å². The summed E-state index contributed by atoms with van der Waals surface area (Å²) in [6, 6.07) is 0.864. The molecule has 2 heterocycles. The van der Waals surface area contributed by atoms with Crippen molar-refractivity contribution in [3.63, 3.8) is 0 Å². The molecule has 1 N–H and O–H groups in total. The quantitative estimate of drug-likeness (QED) is 0.794. The van der Waals surface area contributed by atoms with Gasteiger partial charge in [0.05, 0.1) is 0 Å². The molecular formula is C11H26Cl3N3. The predicted molar refractivity (Wildman–Crippen MR) is 81.3 cm³/mol. The third-order valence-electron chi connectivity index (χ3n) is 3.58. The second-order valence-electron chi connectivity index (χ2n) is 4.67. The van der Waals surface area contributed by atoms with Crippen LogP contribution in [0.25, 0.3) is 0 Å². The minimum Gasteiger partial charge on any atom is -0.317 e. The first-order chi connectivity index (χ1) is 6.86. The fourth-order valence-corrected chi connectivity index (χ4v) is 2.60. The van der Waals surface area contributed by atoms with E-state index >= 15 is 0 Å². The maximum Gasteiger partial charge on any atom is 0.0120 e. The van der Waals surface area contributed by atoms with Crippen LogP contribution < -0.4 is 5.32 Å². The second kappa shape index (κ2) is 10.7. The molecule has 2 aliphatic rings. The van der Waals surface area contributed by atoms with E-state index in [2.05, 4.69) is 22.2 Å². The van der Waals surface area contributed by atoms with E-state index in [9.17, 15) is 0 Å². The number of rotatable bonds is 1. The number of piperidine rings is 1. The van der Waals surface area contributed by atoms with Crippen molar-refractivity contribution in [2.75, 3.05) is 46.3 Å². The van der Waals surface area contributed by atoms with Gasteiger partial charge in [0.25, 0.3) is 0 Å². The van der Waals surface area contributed by atoms with Gasteiger partial charge in [0.1, 0.15) is 0 Å². The summed E-state index contributed by atoms with van der Waals surface area (Å²) in [5, 5.41) is 3.44. The molecule has 0 bridgehead atoms. The van der Waals surface area contributed by atoms with Gasteiger partial charge in [-0.15, -0.1) is 37.2 Å². The Hall–Kier alpha value is 0.750. The van der Waals surface area contributed by atoms with E-state index in [1.54, 1.807) is 0 Å². The Morgan fingerprint density at radius 2 is 1.53 bits per heavy atom. The van der Waals surface area contributed by atoms with Crippen molar-refractivity contribution < 1.29 is 0 Å². The maximum atomic E-state index is 3.44. The van der Waals surface area contributed by atoms with E-state index in [1.165, 1.54) is 58.5 Å². The number of hydrogen-bond donors (Lipinski definition) is 1. The Labute approximate surface area is 124 Å². The molecule has 0 radical (unpaired) electrons. The highest BCUT2D eigenvalue weighted by Gasteiger charge is 2.22. The summed E-state index contributed by atoms with van der Waals surface area (Å²) < 4.78 is 0. The SMILES string of the molecule is CN1CCCN(C2CCNCC2)CC1.Cl.Cl.Cl. The monoisotopic (exact) mass is 305 g/mol. The Morgan fingerprint density at radius 1 is 0.882 bits per heavy atom. The molecular weight excluding hydrogens is 281 g/mol. The summed E-state index contributed by atoms with van der Waals surface area (Å²) in [5.74, 6) is 0. The van der Waals surface area contributed by atoms with Crippen molar-refractivity contribution in [2.45, 2.75) is 25.3 Å². The molecule has 0 amide bonds. The van der Waals surface area contributed by atoms with Crippen molar-refractivity contribution in [3.8, 4) is 0 Å². The molecule has 0 saturated carbocycles. The fraction of sp³-hybridized carbons (Fsp3) is 1.00. The van der Waals surface area contributed by atoms with Crippen LogP contribution in [0.4, 0.5) is 0 Å². The fourth-order valence-electron chi connectivity index (χ4n) is 2.60. The lowest BCUT2D eigenvalue weighted by Crippen LogP contribution is -2.44. The van der Waals surface area contributed by atoms with Crippen LogP contribution in [0.3, 0.4) is 0 Å². The van der Waals surface area contributed by atoms with Gasteiger partial charge in [-0.1, -0.05) is 0 Å². The summed E-state index contributed by atoms with van der Waals surface area (Å²) in [5.41, 5.74) is 0. The lowest BCUT2D eigenvalue weighted by molar-refractivity contribution is 0.168. The van der Waals surface area contributed by atoms with Crippen molar-refractivity contribution >= 4 is 37.2 Å². The molecule has 0 aromatic rings. The molecule has 2 rings (SSSR count). The van der Waals surface area contributed by atoms with Crippen molar-refractivity contribution in [1.82, 2.24) is 15.1 Å². The van der Waals surface area contributed by atoms with Gasteiger partial charge >= 0.3 is 0 Å². The summed E-state index contributed by atoms with van der Waals surface area (Å²) in [6.07, 6.45) is 4.05. The molecule has 0 unspecified atom stereocenters. The molecule has 3 nitrogen and oxygen atoms in total. The molecule has 0 atom stereocenters. The first-order valence-electron chi connectivity index (χ1n) is 5.99. The van der Waals surface area contributed by atoms with Crippen LogP contribution in [0.1, 0.15) is 19.3 Å². The van der Waals surface area contributed by atoms with Gasteiger partial charge in [-0.25, -0.2) is 0 Å². The normalized spacial score (nSPS) is 23.8. The van der Waals surface area contributed by atoms with E-state index in [-0.39, 0.29) is 37.2 Å². The van der Waals surface area contributed by atoms with Gasteiger partial charge in [0.15, 0.2) is 0 Å². The van der Waals surface area contributed by atoms with E-state index in [0.717, 1.165) is 6.04 Å². The largest absolute Gasteiger partial charge is 0.317 e. The smallest absolute Gasteiger partial charge is 0.0120 e. The number of hydrogen-bond acceptors (Lipinski definition) is 3. The topological polar surface area (TPSA) is 18.5 Å². The standard InChI is InChI=1S/C11H23N3.3ClH/c1-13-7-2-8-14(10-9-13)11-3-5-12-6-4-11;;;/h11-12H,2-10H2,1H3;3*1H. The zero-order valence-electron chi connectivity index (χ0n) is 10.6. The Balaban J connectivity index is 0. The first-order valence-corrected chi connectivity index (χ1v) is 5.99. The number of likely N-dealkylation sites (N-methyl/N-ethyl adjacent to an activating group) is 1. The van der Waals surface area contributed by atoms with Gasteiger partial charge < -0.3 is 10.2 Å². The molecule has 0 spiro atoms. The van der Waals surface area contributed by atoms with Gasteiger partial charge in [-0.05, 0) is 52.5 Å².